The molecule has 0 bridgehead atoms. The van der Waals surface area contributed by atoms with Gasteiger partial charge in [0.25, 0.3) is 5.91 Å². The predicted molar refractivity (Wildman–Crippen MR) is 67.8 cm³/mol. The average molecular weight is 254 g/mol. The van der Waals surface area contributed by atoms with Crippen LogP contribution in [-0.2, 0) is 9.53 Å². The van der Waals surface area contributed by atoms with Crippen LogP contribution in [0.25, 0.3) is 0 Å². The molecule has 102 valence electrons. The van der Waals surface area contributed by atoms with Crippen LogP contribution in [0.3, 0.4) is 0 Å². The largest absolute Gasteiger partial charge is 0.411 e. The van der Waals surface area contributed by atoms with E-state index in [2.05, 4.69) is 5.16 Å². The van der Waals surface area contributed by atoms with Crippen molar-refractivity contribution in [3.05, 3.63) is 0 Å². The number of oxime groups is 1. The number of amides is 1. The second kappa shape index (κ2) is 6.18. The van der Waals surface area contributed by atoms with Crippen LogP contribution in [0, 0.1) is 0 Å². The Morgan fingerprint density at radius 1 is 1.39 bits per heavy atom. The van der Waals surface area contributed by atoms with E-state index < -0.39 is 0 Å². The molecule has 0 radical (unpaired) electrons. The van der Waals surface area contributed by atoms with Gasteiger partial charge in [-0.2, -0.15) is 0 Å². The first-order valence-electron chi connectivity index (χ1n) is 6.84. The highest BCUT2D eigenvalue weighted by molar-refractivity contribution is 5.84. The van der Waals surface area contributed by atoms with Gasteiger partial charge in [0.05, 0.1) is 11.8 Å². The second-order valence-electron chi connectivity index (χ2n) is 5.18. The summed E-state index contributed by atoms with van der Waals surface area (Å²) in [4.78, 5) is 14.0. The summed E-state index contributed by atoms with van der Waals surface area (Å²) in [5, 5.41) is 11.9. The van der Waals surface area contributed by atoms with E-state index in [0.717, 1.165) is 57.3 Å². The number of hydrogen-bond donors (Lipinski definition) is 1. The molecule has 1 amide bonds. The molecule has 0 spiro atoms. The van der Waals surface area contributed by atoms with Crippen molar-refractivity contribution in [3.8, 4) is 0 Å². The van der Waals surface area contributed by atoms with E-state index in [-0.39, 0.29) is 18.1 Å². The molecule has 1 saturated heterocycles. The summed E-state index contributed by atoms with van der Waals surface area (Å²) < 4.78 is 5.83. The van der Waals surface area contributed by atoms with Crippen LogP contribution in [0.15, 0.2) is 5.16 Å². The van der Waals surface area contributed by atoms with Crippen molar-refractivity contribution in [2.45, 2.75) is 57.7 Å². The zero-order chi connectivity index (χ0) is 13.0. The molecule has 18 heavy (non-hydrogen) atoms. The predicted octanol–water partition coefficient (Wildman–Crippen LogP) is 1.79. The van der Waals surface area contributed by atoms with Gasteiger partial charge in [0.1, 0.15) is 6.10 Å². The number of hydrogen-bond acceptors (Lipinski definition) is 4. The van der Waals surface area contributed by atoms with Gasteiger partial charge in [-0.3, -0.25) is 4.79 Å². The molecular formula is C13H22N2O3. The van der Waals surface area contributed by atoms with E-state index in [1.165, 1.54) is 0 Å². The highest BCUT2D eigenvalue weighted by Crippen LogP contribution is 2.21. The highest BCUT2D eigenvalue weighted by atomic mass is 16.5. The molecule has 5 heteroatoms. The van der Waals surface area contributed by atoms with Gasteiger partial charge < -0.3 is 14.8 Å². The van der Waals surface area contributed by atoms with E-state index in [0.29, 0.717) is 0 Å². The van der Waals surface area contributed by atoms with E-state index in [1.807, 2.05) is 11.8 Å². The lowest BCUT2D eigenvalue weighted by molar-refractivity contribution is -0.145. The molecule has 2 aliphatic rings. The van der Waals surface area contributed by atoms with Gasteiger partial charge in [0, 0.05) is 13.1 Å². The third kappa shape index (κ3) is 3.22. The number of rotatable bonds is 3. The minimum Gasteiger partial charge on any atom is -0.411 e. The van der Waals surface area contributed by atoms with Crippen molar-refractivity contribution in [3.63, 3.8) is 0 Å². The molecule has 0 aromatic rings. The highest BCUT2D eigenvalue weighted by Gasteiger charge is 2.27. The van der Waals surface area contributed by atoms with Gasteiger partial charge in [-0.15, -0.1) is 0 Å². The summed E-state index contributed by atoms with van der Waals surface area (Å²) in [7, 11) is 0. The lowest BCUT2D eigenvalue weighted by Gasteiger charge is -2.27. The van der Waals surface area contributed by atoms with Crippen LogP contribution in [0.1, 0.15) is 45.4 Å². The van der Waals surface area contributed by atoms with E-state index in [4.69, 9.17) is 9.94 Å². The van der Waals surface area contributed by atoms with Gasteiger partial charge in [0.15, 0.2) is 0 Å². The first-order chi connectivity index (χ1) is 8.70. The molecule has 1 atom stereocenters. The molecule has 0 aromatic heterocycles. The topological polar surface area (TPSA) is 62.1 Å². The maximum absolute atomic E-state index is 12.1. The van der Waals surface area contributed by atoms with Gasteiger partial charge in [-0.1, -0.05) is 5.16 Å². The first-order valence-corrected chi connectivity index (χ1v) is 6.84. The lowest BCUT2D eigenvalue weighted by Crippen LogP contribution is -2.39. The zero-order valence-corrected chi connectivity index (χ0v) is 11.0. The first kappa shape index (κ1) is 13.3. The Labute approximate surface area is 108 Å². The maximum atomic E-state index is 12.1. The van der Waals surface area contributed by atoms with Gasteiger partial charge in [-0.05, 0) is 45.4 Å². The quantitative estimate of drug-likeness (QED) is 0.617. The Balaban J connectivity index is 1.77. The van der Waals surface area contributed by atoms with Crippen LogP contribution in [0.5, 0.6) is 0 Å². The van der Waals surface area contributed by atoms with Gasteiger partial charge in [-0.25, -0.2) is 0 Å². The molecule has 2 fully saturated rings. The number of likely N-dealkylation sites (tertiary alicyclic amines) is 1. The normalized spacial score (nSPS) is 26.2. The SMILES string of the molecule is CC(OC1CCC(=NO)CC1)C(=O)N1CCCC1. The molecular weight excluding hydrogens is 232 g/mol. The summed E-state index contributed by atoms with van der Waals surface area (Å²) in [5.74, 6) is 0.120. The van der Waals surface area contributed by atoms with Crippen molar-refractivity contribution in [2.75, 3.05) is 13.1 Å². The Morgan fingerprint density at radius 2 is 2.00 bits per heavy atom. The van der Waals surface area contributed by atoms with Crippen molar-refractivity contribution in [1.29, 1.82) is 0 Å². The minimum absolute atomic E-state index is 0.120. The van der Waals surface area contributed by atoms with Crippen molar-refractivity contribution < 1.29 is 14.7 Å². The molecule has 1 saturated carbocycles. The molecule has 1 aliphatic carbocycles. The standard InChI is InChI=1S/C13H22N2O3/c1-10(13(16)15-8-2-3-9-15)18-12-6-4-11(14-17)5-7-12/h10,12,17H,2-9H2,1H3. The summed E-state index contributed by atoms with van der Waals surface area (Å²) in [6, 6.07) is 0. The summed E-state index contributed by atoms with van der Waals surface area (Å²) in [6.07, 6.45) is 5.22. The summed E-state index contributed by atoms with van der Waals surface area (Å²) >= 11 is 0. The number of ether oxygens (including phenoxy) is 1. The molecule has 2 rings (SSSR count). The van der Waals surface area contributed by atoms with Crippen LogP contribution in [0.2, 0.25) is 0 Å². The maximum Gasteiger partial charge on any atom is 0.251 e. The smallest absolute Gasteiger partial charge is 0.251 e. The fraction of sp³-hybridized carbons (Fsp3) is 0.846. The van der Waals surface area contributed by atoms with Crippen molar-refractivity contribution >= 4 is 11.6 Å². The van der Waals surface area contributed by atoms with E-state index >= 15 is 0 Å². The van der Waals surface area contributed by atoms with Gasteiger partial charge in [0.2, 0.25) is 0 Å². The third-order valence-corrected chi connectivity index (χ3v) is 3.81. The van der Waals surface area contributed by atoms with E-state index in [1.54, 1.807) is 0 Å². The van der Waals surface area contributed by atoms with Crippen LogP contribution in [-0.4, -0.2) is 47.0 Å². The molecule has 1 heterocycles. The fourth-order valence-corrected chi connectivity index (χ4v) is 2.70. The Morgan fingerprint density at radius 3 is 2.56 bits per heavy atom. The summed E-state index contributed by atoms with van der Waals surface area (Å²) in [5.41, 5.74) is 0.841. The average Bonchev–Trinajstić information content (AvgIpc) is 2.92. The fourth-order valence-electron chi connectivity index (χ4n) is 2.70. The Bertz CT molecular complexity index is 314. The summed E-state index contributed by atoms with van der Waals surface area (Å²) in [6.45, 7) is 3.59. The molecule has 1 unspecified atom stereocenters. The van der Waals surface area contributed by atoms with Crippen molar-refractivity contribution in [2.24, 2.45) is 5.16 Å². The second-order valence-corrected chi connectivity index (χ2v) is 5.18. The minimum atomic E-state index is -0.347. The van der Waals surface area contributed by atoms with Crippen LogP contribution in [0.4, 0.5) is 0 Å². The number of nitrogens with zero attached hydrogens (tertiary/aromatic N) is 2. The molecule has 1 aliphatic heterocycles. The van der Waals surface area contributed by atoms with Gasteiger partial charge >= 0.3 is 0 Å². The molecule has 5 nitrogen and oxygen atoms in total. The van der Waals surface area contributed by atoms with Crippen LogP contribution >= 0.6 is 0 Å². The number of carbonyl (C=O) groups is 1. The van der Waals surface area contributed by atoms with Crippen LogP contribution < -0.4 is 0 Å². The molecule has 0 aromatic carbocycles. The van der Waals surface area contributed by atoms with Crippen molar-refractivity contribution in [1.82, 2.24) is 4.90 Å². The Kier molecular flexibility index (Phi) is 4.58. The zero-order valence-electron chi connectivity index (χ0n) is 11.0. The number of carbonyl (C=O) groups excluding carboxylic acids is 1. The van der Waals surface area contributed by atoms with E-state index in [9.17, 15) is 4.79 Å². The molecule has 1 N–H and O–H groups in total. The monoisotopic (exact) mass is 254 g/mol. The lowest BCUT2D eigenvalue weighted by atomic mass is 9.95. The third-order valence-electron chi connectivity index (χ3n) is 3.81. The Hall–Kier alpha value is -1.10.